The highest BCUT2D eigenvalue weighted by Crippen LogP contribution is 2.32. The quantitative estimate of drug-likeness (QED) is 0.266. The molecule has 2 heterocycles. The monoisotopic (exact) mass is 549 g/mol. The molecule has 1 aromatic heterocycles. The van der Waals surface area contributed by atoms with Crippen molar-refractivity contribution >= 4 is 18.1 Å². The first-order chi connectivity index (χ1) is 18.9. The molecule has 1 N–H and O–H groups in total. The van der Waals surface area contributed by atoms with Gasteiger partial charge < -0.3 is 18.9 Å². The third kappa shape index (κ3) is 8.31. The number of aromatic nitrogens is 2. The van der Waals surface area contributed by atoms with Crippen LogP contribution in [0.3, 0.4) is 0 Å². The van der Waals surface area contributed by atoms with Crippen LogP contribution in [0.15, 0.2) is 33.8 Å². The maximum absolute atomic E-state index is 12.6. The summed E-state index contributed by atoms with van der Waals surface area (Å²) in [5.74, 6) is 7.97. The number of nitrogens with one attached hydrogen (secondary N) is 1. The van der Waals surface area contributed by atoms with Crippen LogP contribution in [-0.2, 0) is 9.47 Å². The molecule has 1 aliphatic heterocycles. The average molecular weight is 550 g/mol. The van der Waals surface area contributed by atoms with Crippen LogP contribution in [0.1, 0.15) is 97.6 Å². The van der Waals surface area contributed by atoms with Crippen molar-refractivity contribution in [3.8, 4) is 23.2 Å². The van der Waals surface area contributed by atoms with Crippen molar-refractivity contribution < 1.29 is 23.6 Å². The number of alkyl carbamates (subject to hydrolysis) is 1. The summed E-state index contributed by atoms with van der Waals surface area (Å²) >= 11 is 0. The fourth-order valence-electron chi connectivity index (χ4n) is 4.65. The van der Waals surface area contributed by atoms with E-state index in [0.29, 0.717) is 30.6 Å². The molecule has 2 aliphatic rings. The molecule has 40 heavy (non-hydrogen) atoms. The molecule has 4 rings (SSSR count). The Balaban J connectivity index is 1.52. The number of likely N-dealkylation sites (tertiary alicyclic amines) is 1. The van der Waals surface area contributed by atoms with E-state index in [0.717, 1.165) is 17.5 Å². The van der Waals surface area contributed by atoms with E-state index in [1.54, 1.807) is 46.4 Å². The number of carbonyl (C=O) groups excluding carboxylic acids is 2. The molecular weight excluding hydrogens is 510 g/mol. The number of nitrogens with zero attached hydrogens (tertiary/aromatic N) is 4. The van der Waals surface area contributed by atoms with E-state index in [1.807, 2.05) is 24.3 Å². The molecule has 2 amide bonds. The Bertz CT molecular complexity index is 1280. The highest BCUT2D eigenvalue weighted by atomic mass is 16.6. The summed E-state index contributed by atoms with van der Waals surface area (Å²) in [6.07, 6.45) is 4.78. The second-order valence-electron chi connectivity index (χ2n) is 12.2. The van der Waals surface area contributed by atoms with Gasteiger partial charge in [-0.3, -0.25) is 5.32 Å². The van der Waals surface area contributed by atoms with E-state index in [-0.39, 0.29) is 5.96 Å². The molecule has 0 bridgehead atoms. The number of hydrogen-bond acceptors (Lipinski definition) is 7. The Morgan fingerprint density at radius 1 is 1.00 bits per heavy atom. The summed E-state index contributed by atoms with van der Waals surface area (Å²) in [7, 11) is 0. The van der Waals surface area contributed by atoms with Gasteiger partial charge in [0, 0.05) is 23.6 Å². The molecule has 1 aromatic carbocycles. The Hall–Kier alpha value is -3.87. The first-order valence-corrected chi connectivity index (χ1v) is 13.9. The van der Waals surface area contributed by atoms with Gasteiger partial charge in [0.25, 0.3) is 0 Å². The van der Waals surface area contributed by atoms with Gasteiger partial charge in [-0.05, 0) is 91.5 Å². The lowest BCUT2D eigenvalue weighted by Gasteiger charge is -2.27. The van der Waals surface area contributed by atoms with E-state index in [1.165, 1.54) is 25.7 Å². The van der Waals surface area contributed by atoms with Crippen molar-refractivity contribution in [1.29, 1.82) is 0 Å². The lowest BCUT2D eigenvalue weighted by Crippen LogP contribution is -2.46. The van der Waals surface area contributed by atoms with Crippen LogP contribution in [0, 0.1) is 17.8 Å². The minimum atomic E-state index is -0.827. The Kier molecular flexibility index (Phi) is 8.82. The topological polar surface area (TPSA) is 119 Å². The van der Waals surface area contributed by atoms with Crippen LogP contribution in [-0.4, -0.2) is 50.9 Å². The first kappa shape index (κ1) is 29.1. The van der Waals surface area contributed by atoms with Crippen molar-refractivity contribution in [1.82, 2.24) is 20.4 Å². The van der Waals surface area contributed by atoms with Crippen molar-refractivity contribution in [2.75, 3.05) is 6.54 Å². The number of rotatable bonds is 2. The van der Waals surface area contributed by atoms with Gasteiger partial charge >= 0.3 is 12.2 Å². The van der Waals surface area contributed by atoms with Gasteiger partial charge in [0.2, 0.25) is 17.7 Å². The zero-order valence-electron chi connectivity index (χ0n) is 24.2. The highest BCUT2D eigenvalue weighted by molar-refractivity contribution is 5.99. The summed E-state index contributed by atoms with van der Waals surface area (Å²) in [6.45, 7) is 11.0. The van der Waals surface area contributed by atoms with Gasteiger partial charge in [-0.2, -0.15) is 4.98 Å². The summed E-state index contributed by atoms with van der Waals surface area (Å²) in [5, 5.41) is 6.81. The molecule has 0 radical (unpaired) electrons. The van der Waals surface area contributed by atoms with Crippen LogP contribution in [0.25, 0.3) is 11.4 Å². The number of aliphatic imine (C=N–C) groups is 1. The van der Waals surface area contributed by atoms with Gasteiger partial charge in [0.1, 0.15) is 17.2 Å². The number of carbonyl (C=O) groups is 2. The van der Waals surface area contributed by atoms with Gasteiger partial charge in [-0.25, -0.2) is 9.59 Å². The van der Waals surface area contributed by atoms with Gasteiger partial charge in [-0.15, -0.1) is 4.99 Å². The molecule has 0 unspecified atom stereocenters. The van der Waals surface area contributed by atoms with Crippen LogP contribution < -0.4 is 5.32 Å². The number of ether oxygens (including phenoxy) is 2. The number of benzene rings is 1. The maximum atomic E-state index is 12.6. The zero-order chi connectivity index (χ0) is 28.9. The van der Waals surface area contributed by atoms with E-state index in [9.17, 15) is 9.59 Å². The highest BCUT2D eigenvalue weighted by Gasteiger charge is 2.35. The molecule has 2 aromatic rings. The van der Waals surface area contributed by atoms with Gasteiger partial charge in [0.05, 0.1) is 0 Å². The fraction of sp³-hybridized carbons (Fsp3) is 0.567. The summed E-state index contributed by atoms with van der Waals surface area (Å²) < 4.78 is 16.4. The molecule has 214 valence electrons. The minimum Gasteiger partial charge on any atom is -0.444 e. The van der Waals surface area contributed by atoms with Crippen molar-refractivity contribution in [2.45, 2.75) is 97.3 Å². The standard InChI is InChI=1S/C30H39N5O5/c1-29(2,3)38-27(36)32-26(33-28(37)39-30(4,5)6)35-19-9-12-23(35)25-31-24(34-40-25)22-17-15-21(16-18-22)14-13-20-10-7-8-11-20/h15-18,20,23H,7-12,19H2,1-6H3,(H,32,33,36,37)/t23-/m0/s1. The molecule has 0 spiro atoms. The second kappa shape index (κ2) is 12.1. The van der Waals surface area contributed by atoms with E-state index >= 15 is 0 Å². The van der Waals surface area contributed by atoms with Gasteiger partial charge in [0.15, 0.2) is 0 Å². The first-order valence-electron chi connectivity index (χ1n) is 13.9. The maximum Gasteiger partial charge on any atom is 0.437 e. The second-order valence-corrected chi connectivity index (χ2v) is 12.2. The molecule has 10 nitrogen and oxygen atoms in total. The molecule has 2 fully saturated rings. The summed E-state index contributed by atoms with van der Waals surface area (Å²) in [4.78, 5) is 35.7. The number of hydrogen-bond donors (Lipinski definition) is 1. The van der Waals surface area contributed by atoms with Crippen LogP contribution in [0.5, 0.6) is 0 Å². The van der Waals surface area contributed by atoms with Gasteiger partial charge in [-0.1, -0.05) is 29.8 Å². The molecular formula is C30H39N5O5. The molecule has 10 heteroatoms. The van der Waals surface area contributed by atoms with E-state index in [4.69, 9.17) is 14.0 Å². The average Bonchev–Trinajstić information content (AvgIpc) is 3.62. The lowest BCUT2D eigenvalue weighted by atomic mass is 10.1. The fourth-order valence-corrected chi connectivity index (χ4v) is 4.65. The minimum absolute atomic E-state index is 0.0101. The smallest absolute Gasteiger partial charge is 0.437 e. The number of guanidine groups is 1. The SMILES string of the molecule is CC(C)(C)OC(=O)/N=C(\NC(=O)OC(C)(C)C)N1CCC[C@H]1c1nc(-c2ccc(C#CC3CCCC3)cc2)no1. The summed E-state index contributed by atoms with van der Waals surface area (Å²) in [5.41, 5.74) is 0.282. The lowest BCUT2D eigenvalue weighted by molar-refractivity contribution is 0.0553. The normalized spacial score (nSPS) is 18.3. The van der Waals surface area contributed by atoms with E-state index < -0.39 is 29.4 Å². The third-order valence-electron chi connectivity index (χ3n) is 6.37. The molecule has 1 aliphatic carbocycles. The van der Waals surface area contributed by atoms with Crippen LogP contribution in [0.2, 0.25) is 0 Å². The van der Waals surface area contributed by atoms with Crippen molar-refractivity contribution in [3.05, 3.63) is 35.7 Å². The molecule has 1 atom stereocenters. The van der Waals surface area contributed by atoms with Crippen LogP contribution >= 0.6 is 0 Å². The Morgan fingerprint density at radius 2 is 1.68 bits per heavy atom. The summed E-state index contributed by atoms with van der Waals surface area (Å²) in [6, 6.07) is 7.39. The zero-order valence-corrected chi connectivity index (χ0v) is 24.2. The largest absolute Gasteiger partial charge is 0.444 e. The predicted octanol–water partition coefficient (Wildman–Crippen LogP) is 6.23. The van der Waals surface area contributed by atoms with Crippen molar-refractivity contribution in [2.24, 2.45) is 10.9 Å². The Labute approximate surface area is 235 Å². The Morgan fingerprint density at radius 3 is 2.33 bits per heavy atom. The van der Waals surface area contributed by atoms with Crippen LogP contribution in [0.4, 0.5) is 9.59 Å². The van der Waals surface area contributed by atoms with E-state index in [2.05, 4.69) is 32.3 Å². The predicted molar refractivity (Wildman–Crippen MR) is 150 cm³/mol. The van der Waals surface area contributed by atoms with Crippen molar-refractivity contribution in [3.63, 3.8) is 0 Å². The number of amides is 2. The third-order valence-corrected chi connectivity index (χ3v) is 6.37. The molecule has 1 saturated carbocycles. The molecule has 1 saturated heterocycles.